The van der Waals surface area contributed by atoms with Crippen LogP contribution >= 0.6 is 0 Å². The van der Waals surface area contributed by atoms with E-state index in [1.54, 1.807) is 12.1 Å². The van der Waals surface area contributed by atoms with Crippen LogP contribution in [0.1, 0.15) is 52.9 Å². The number of fused-ring (bicyclic) bond motifs is 1. The Morgan fingerprint density at radius 3 is 2.40 bits per heavy atom. The third kappa shape index (κ3) is 3.89. The molecule has 0 saturated heterocycles. The second-order valence-corrected chi connectivity index (χ2v) is 7.25. The van der Waals surface area contributed by atoms with Crippen molar-refractivity contribution in [1.29, 1.82) is 0 Å². The fraction of sp³-hybridized carbons (Fsp3) is 0.579. The lowest BCUT2D eigenvalue weighted by Crippen LogP contribution is -2.46. The van der Waals surface area contributed by atoms with Crippen molar-refractivity contribution in [1.82, 2.24) is 5.32 Å². The maximum atomic E-state index is 12.5. The predicted octanol–water partition coefficient (Wildman–Crippen LogP) is 3.22. The van der Waals surface area contributed by atoms with Crippen LogP contribution in [0.2, 0.25) is 0 Å². The van der Waals surface area contributed by atoms with Gasteiger partial charge in [0, 0.05) is 31.5 Å². The Balaban J connectivity index is 1.70. The highest BCUT2D eigenvalue weighted by Crippen LogP contribution is 2.46. The monoisotopic (exact) mass is 346 g/mol. The van der Waals surface area contributed by atoms with Gasteiger partial charge in [0.25, 0.3) is 5.79 Å². The van der Waals surface area contributed by atoms with E-state index >= 15 is 0 Å². The van der Waals surface area contributed by atoms with Gasteiger partial charge in [-0.1, -0.05) is 20.3 Å². The number of hydrogen-bond donors (Lipinski definition) is 2. The number of nitrogens with one attached hydrogen (secondary N) is 2. The number of benzene rings is 1. The molecule has 1 saturated carbocycles. The van der Waals surface area contributed by atoms with E-state index in [0.29, 0.717) is 11.4 Å². The Hall–Kier alpha value is -2.24. The molecule has 1 fully saturated rings. The zero-order valence-electron chi connectivity index (χ0n) is 15.1. The fourth-order valence-corrected chi connectivity index (χ4v) is 3.44. The Labute approximate surface area is 148 Å². The van der Waals surface area contributed by atoms with Crippen LogP contribution in [0.25, 0.3) is 0 Å². The summed E-state index contributed by atoms with van der Waals surface area (Å²) in [6.45, 7) is 5.20. The summed E-state index contributed by atoms with van der Waals surface area (Å²) >= 11 is 0. The summed E-state index contributed by atoms with van der Waals surface area (Å²) in [4.78, 5) is 23.8. The van der Waals surface area contributed by atoms with E-state index in [4.69, 9.17) is 9.47 Å². The molecule has 1 aliphatic heterocycles. The third-order valence-corrected chi connectivity index (χ3v) is 4.73. The number of hydrogen-bond acceptors (Lipinski definition) is 4. The molecule has 2 aliphatic rings. The number of carbonyl (C=O) groups excluding carboxylic acids is 2. The highest BCUT2D eigenvalue weighted by Gasteiger charge is 2.42. The summed E-state index contributed by atoms with van der Waals surface area (Å²) < 4.78 is 12.1. The summed E-state index contributed by atoms with van der Waals surface area (Å²) in [6, 6.07) is 4.85. The van der Waals surface area contributed by atoms with Gasteiger partial charge in [-0.2, -0.15) is 0 Å². The molecule has 0 radical (unpaired) electrons. The van der Waals surface area contributed by atoms with E-state index in [9.17, 15) is 9.59 Å². The lowest BCUT2D eigenvalue weighted by atomic mass is 9.94. The lowest BCUT2D eigenvalue weighted by Gasteiger charge is -2.31. The highest BCUT2D eigenvalue weighted by atomic mass is 16.7. The van der Waals surface area contributed by atoms with Crippen molar-refractivity contribution in [2.24, 2.45) is 5.92 Å². The second-order valence-electron chi connectivity index (χ2n) is 7.25. The number of anilines is 1. The molecule has 6 heteroatoms. The van der Waals surface area contributed by atoms with Crippen molar-refractivity contribution >= 4 is 17.5 Å². The molecule has 2 N–H and O–H groups in total. The largest absolute Gasteiger partial charge is 0.448 e. The first-order valence-electron chi connectivity index (χ1n) is 8.99. The molecule has 136 valence electrons. The van der Waals surface area contributed by atoms with Gasteiger partial charge in [-0.15, -0.1) is 0 Å². The first-order valence-corrected chi connectivity index (χ1v) is 8.99. The minimum Gasteiger partial charge on any atom is -0.448 e. The van der Waals surface area contributed by atoms with Crippen LogP contribution in [0.5, 0.6) is 11.5 Å². The van der Waals surface area contributed by atoms with Crippen LogP contribution in [0, 0.1) is 5.92 Å². The van der Waals surface area contributed by atoms with Crippen molar-refractivity contribution in [3.05, 3.63) is 18.2 Å². The Kier molecular flexibility index (Phi) is 4.88. The maximum absolute atomic E-state index is 12.5. The molecule has 3 rings (SSSR count). The molecule has 1 aromatic rings. The summed E-state index contributed by atoms with van der Waals surface area (Å²) in [5, 5.41) is 5.55. The minimum atomic E-state index is -0.576. The summed E-state index contributed by atoms with van der Waals surface area (Å²) in [5.41, 5.74) is 0.635. The standard InChI is InChI=1S/C19H26N2O4/c1-12(2)17(20-13(3)22)18(23)21-14-7-8-15-16(11-14)25-19(24-15)9-5-4-6-10-19/h7-8,11-12,17H,4-6,9-10H2,1-3H3,(H,20,22)(H,21,23). The topological polar surface area (TPSA) is 76.7 Å². The quantitative estimate of drug-likeness (QED) is 0.878. The Morgan fingerprint density at radius 1 is 1.08 bits per heavy atom. The third-order valence-electron chi connectivity index (χ3n) is 4.73. The molecule has 1 aliphatic carbocycles. The number of rotatable bonds is 4. The van der Waals surface area contributed by atoms with Crippen LogP contribution in [0.4, 0.5) is 5.69 Å². The molecule has 1 aromatic carbocycles. The summed E-state index contributed by atoms with van der Waals surface area (Å²) in [5.74, 6) is 0.390. The van der Waals surface area contributed by atoms with E-state index in [-0.39, 0.29) is 17.7 Å². The zero-order valence-corrected chi connectivity index (χ0v) is 15.1. The molecular formula is C19H26N2O4. The van der Waals surface area contributed by atoms with Crippen LogP contribution in [-0.4, -0.2) is 23.6 Å². The van der Waals surface area contributed by atoms with Crippen molar-refractivity contribution < 1.29 is 19.1 Å². The SMILES string of the molecule is CC(=O)NC(C(=O)Nc1ccc2c(c1)OC1(CCCCC1)O2)C(C)C. The molecule has 1 atom stereocenters. The van der Waals surface area contributed by atoms with E-state index in [2.05, 4.69) is 10.6 Å². The van der Waals surface area contributed by atoms with Crippen LogP contribution in [0.15, 0.2) is 18.2 Å². The van der Waals surface area contributed by atoms with Crippen molar-refractivity contribution in [3.63, 3.8) is 0 Å². The zero-order chi connectivity index (χ0) is 18.0. The minimum absolute atomic E-state index is 0.0107. The number of amides is 2. The number of ether oxygens (including phenoxy) is 2. The van der Waals surface area contributed by atoms with Crippen LogP contribution in [0.3, 0.4) is 0 Å². The first-order chi connectivity index (χ1) is 11.9. The lowest BCUT2D eigenvalue weighted by molar-refractivity contribution is -0.126. The molecule has 6 nitrogen and oxygen atoms in total. The van der Waals surface area contributed by atoms with Crippen molar-refractivity contribution in [2.45, 2.75) is 64.7 Å². The molecule has 1 spiro atoms. The van der Waals surface area contributed by atoms with Gasteiger partial charge in [-0.3, -0.25) is 9.59 Å². The van der Waals surface area contributed by atoms with E-state index in [1.807, 2.05) is 19.9 Å². The van der Waals surface area contributed by atoms with Gasteiger partial charge in [0.05, 0.1) is 0 Å². The molecule has 1 heterocycles. The molecule has 0 aromatic heterocycles. The van der Waals surface area contributed by atoms with Crippen molar-refractivity contribution in [2.75, 3.05) is 5.32 Å². The van der Waals surface area contributed by atoms with Gasteiger partial charge in [-0.25, -0.2) is 0 Å². The maximum Gasteiger partial charge on any atom is 0.251 e. The molecular weight excluding hydrogens is 320 g/mol. The normalized spacial score (nSPS) is 18.9. The van der Waals surface area contributed by atoms with E-state index in [1.165, 1.54) is 13.3 Å². The van der Waals surface area contributed by atoms with Crippen LogP contribution in [-0.2, 0) is 9.59 Å². The highest BCUT2D eigenvalue weighted by molar-refractivity contribution is 5.97. The smallest absolute Gasteiger partial charge is 0.251 e. The van der Waals surface area contributed by atoms with Gasteiger partial charge in [0.1, 0.15) is 6.04 Å². The molecule has 0 bridgehead atoms. The van der Waals surface area contributed by atoms with Gasteiger partial charge in [0.15, 0.2) is 11.5 Å². The predicted molar refractivity (Wildman–Crippen MR) is 94.6 cm³/mol. The van der Waals surface area contributed by atoms with Gasteiger partial charge >= 0.3 is 0 Å². The summed E-state index contributed by atoms with van der Waals surface area (Å²) in [7, 11) is 0. The summed E-state index contributed by atoms with van der Waals surface area (Å²) in [6.07, 6.45) is 5.20. The average molecular weight is 346 g/mol. The molecule has 2 amide bonds. The first kappa shape index (κ1) is 17.6. The average Bonchev–Trinajstić information content (AvgIpc) is 2.89. The fourth-order valence-electron chi connectivity index (χ4n) is 3.44. The van der Waals surface area contributed by atoms with Gasteiger partial charge in [-0.05, 0) is 30.9 Å². The van der Waals surface area contributed by atoms with Gasteiger partial charge in [0.2, 0.25) is 11.8 Å². The second kappa shape index (κ2) is 6.94. The molecule has 25 heavy (non-hydrogen) atoms. The van der Waals surface area contributed by atoms with E-state index < -0.39 is 11.8 Å². The van der Waals surface area contributed by atoms with Crippen LogP contribution < -0.4 is 20.1 Å². The van der Waals surface area contributed by atoms with Crippen molar-refractivity contribution in [3.8, 4) is 11.5 Å². The van der Waals surface area contributed by atoms with E-state index in [0.717, 1.165) is 31.4 Å². The Bertz CT molecular complexity index is 665. The van der Waals surface area contributed by atoms with Gasteiger partial charge < -0.3 is 20.1 Å². The number of carbonyl (C=O) groups is 2. The molecule has 1 unspecified atom stereocenters. The Morgan fingerprint density at radius 2 is 1.76 bits per heavy atom.